The number of nitrogens with zero attached hydrogens (tertiary/aromatic N) is 1. The molecule has 0 aliphatic carbocycles. The van der Waals surface area contributed by atoms with Crippen molar-refractivity contribution in [1.82, 2.24) is 0 Å². The number of carbonyl (C=O) groups is 2. The second kappa shape index (κ2) is 6.60. The van der Waals surface area contributed by atoms with Gasteiger partial charge in [0.2, 0.25) is 0 Å². The highest BCUT2D eigenvalue weighted by Crippen LogP contribution is 2.39. The average Bonchev–Trinajstić information content (AvgIpc) is 2.59. The van der Waals surface area contributed by atoms with E-state index >= 15 is 0 Å². The highest BCUT2D eigenvalue weighted by atomic mass is 16.4. The lowest BCUT2D eigenvalue weighted by molar-refractivity contribution is -0.139. The quantitative estimate of drug-likeness (QED) is 0.861. The van der Waals surface area contributed by atoms with E-state index in [1.165, 1.54) is 5.56 Å². The Morgan fingerprint density at radius 2 is 1.65 bits per heavy atom. The second-order valence-corrected chi connectivity index (χ2v) is 8.04. The van der Waals surface area contributed by atoms with Crippen LogP contribution in [0.3, 0.4) is 0 Å². The molecule has 1 amide bonds. The molecule has 4 nitrogen and oxygen atoms in total. The van der Waals surface area contributed by atoms with Crippen LogP contribution in [0.4, 0.5) is 5.69 Å². The first-order valence-corrected chi connectivity index (χ1v) is 8.96. The number of aliphatic carboxylic acids is 1. The topological polar surface area (TPSA) is 57.6 Å². The molecule has 1 aliphatic heterocycles. The van der Waals surface area contributed by atoms with Gasteiger partial charge in [-0.05, 0) is 48.1 Å². The Hall–Kier alpha value is -2.62. The van der Waals surface area contributed by atoms with Crippen LogP contribution in [0.2, 0.25) is 0 Å². The standard InChI is InChI=1S/C22H25NO3/c1-14-13-18(21(25)26)17-7-5-6-8-19(17)23(14)20(24)15-9-11-16(12-10-15)22(2,3)4/h5-12,14,18H,13H2,1-4H3,(H,25,26). The monoisotopic (exact) mass is 351 g/mol. The van der Waals surface area contributed by atoms with E-state index in [9.17, 15) is 14.7 Å². The van der Waals surface area contributed by atoms with Gasteiger partial charge < -0.3 is 10.0 Å². The van der Waals surface area contributed by atoms with Crippen molar-refractivity contribution in [2.75, 3.05) is 4.90 Å². The minimum Gasteiger partial charge on any atom is -0.481 e. The van der Waals surface area contributed by atoms with Gasteiger partial charge in [-0.2, -0.15) is 0 Å². The fourth-order valence-corrected chi connectivity index (χ4v) is 3.61. The van der Waals surface area contributed by atoms with Crippen molar-refractivity contribution in [3.05, 3.63) is 65.2 Å². The SMILES string of the molecule is CC1CC(C(=O)O)c2ccccc2N1C(=O)c1ccc(C(C)(C)C)cc1. The molecule has 26 heavy (non-hydrogen) atoms. The molecule has 2 aromatic carbocycles. The molecular weight excluding hydrogens is 326 g/mol. The molecule has 3 rings (SSSR count). The third-order valence-corrected chi connectivity index (χ3v) is 5.10. The number of carboxylic acids is 1. The summed E-state index contributed by atoms with van der Waals surface area (Å²) < 4.78 is 0. The van der Waals surface area contributed by atoms with Crippen molar-refractivity contribution in [2.24, 2.45) is 0 Å². The maximum atomic E-state index is 13.2. The Kier molecular flexibility index (Phi) is 4.61. The van der Waals surface area contributed by atoms with Crippen molar-refractivity contribution >= 4 is 17.6 Å². The minimum absolute atomic E-state index is 0.0291. The third-order valence-electron chi connectivity index (χ3n) is 5.10. The maximum absolute atomic E-state index is 13.2. The largest absolute Gasteiger partial charge is 0.481 e. The van der Waals surface area contributed by atoms with Gasteiger partial charge in [-0.1, -0.05) is 51.1 Å². The fourth-order valence-electron chi connectivity index (χ4n) is 3.61. The summed E-state index contributed by atoms with van der Waals surface area (Å²) >= 11 is 0. The Balaban J connectivity index is 1.99. The lowest BCUT2D eigenvalue weighted by Gasteiger charge is -2.38. The van der Waals surface area contributed by atoms with E-state index in [4.69, 9.17) is 0 Å². The summed E-state index contributed by atoms with van der Waals surface area (Å²) in [6, 6.07) is 14.8. The molecule has 0 saturated carbocycles. The zero-order chi connectivity index (χ0) is 19.1. The zero-order valence-corrected chi connectivity index (χ0v) is 15.7. The van der Waals surface area contributed by atoms with E-state index in [0.717, 1.165) is 0 Å². The second-order valence-electron chi connectivity index (χ2n) is 8.04. The van der Waals surface area contributed by atoms with Gasteiger partial charge in [-0.25, -0.2) is 0 Å². The van der Waals surface area contributed by atoms with Gasteiger partial charge >= 0.3 is 5.97 Å². The molecule has 0 radical (unpaired) electrons. The van der Waals surface area contributed by atoms with Gasteiger partial charge in [0.05, 0.1) is 5.92 Å². The van der Waals surface area contributed by atoms with Crippen molar-refractivity contribution in [1.29, 1.82) is 0 Å². The first-order chi connectivity index (χ1) is 12.2. The summed E-state index contributed by atoms with van der Waals surface area (Å²) in [7, 11) is 0. The van der Waals surface area contributed by atoms with Crippen LogP contribution in [-0.4, -0.2) is 23.0 Å². The number of anilines is 1. The van der Waals surface area contributed by atoms with Crippen LogP contribution >= 0.6 is 0 Å². The van der Waals surface area contributed by atoms with Gasteiger partial charge in [0.1, 0.15) is 0 Å². The lowest BCUT2D eigenvalue weighted by atomic mass is 9.85. The number of para-hydroxylation sites is 1. The Labute approximate surface area is 154 Å². The summed E-state index contributed by atoms with van der Waals surface area (Å²) in [6.45, 7) is 8.32. The predicted molar refractivity (Wildman–Crippen MR) is 103 cm³/mol. The number of rotatable bonds is 2. The molecule has 0 aromatic heterocycles. The zero-order valence-electron chi connectivity index (χ0n) is 15.7. The van der Waals surface area contributed by atoms with Crippen LogP contribution in [-0.2, 0) is 10.2 Å². The molecule has 2 aromatic rings. The van der Waals surface area contributed by atoms with Gasteiger partial charge in [0.25, 0.3) is 5.91 Å². The van der Waals surface area contributed by atoms with Crippen molar-refractivity contribution < 1.29 is 14.7 Å². The van der Waals surface area contributed by atoms with Crippen LogP contribution < -0.4 is 4.90 Å². The van der Waals surface area contributed by atoms with Crippen molar-refractivity contribution in [3.63, 3.8) is 0 Å². The summed E-state index contributed by atoms with van der Waals surface area (Å²) in [5, 5.41) is 9.55. The van der Waals surface area contributed by atoms with Crippen molar-refractivity contribution in [3.8, 4) is 0 Å². The molecule has 0 bridgehead atoms. The van der Waals surface area contributed by atoms with Crippen LogP contribution in [0.5, 0.6) is 0 Å². The van der Waals surface area contributed by atoms with Crippen LogP contribution in [0.15, 0.2) is 48.5 Å². The average molecular weight is 351 g/mol. The molecule has 1 heterocycles. The normalized spacial score (nSPS) is 19.8. The fraction of sp³-hybridized carbons (Fsp3) is 0.364. The van der Waals surface area contributed by atoms with E-state index in [1.807, 2.05) is 55.5 Å². The molecule has 0 spiro atoms. The highest BCUT2D eigenvalue weighted by molar-refractivity contribution is 6.07. The molecule has 2 atom stereocenters. The number of carboxylic acid groups (broad SMARTS) is 1. The van der Waals surface area contributed by atoms with Gasteiger partial charge in [0.15, 0.2) is 0 Å². The molecule has 0 saturated heterocycles. The van der Waals surface area contributed by atoms with E-state index in [0.29, 0.717) is 23.2 Å². The van der Waals surface area contributed by atoms with Crippen LogP contribution in [0.1, 0.15) is 61.5 Å². The summed E-state index contributed by atoms with van der Waals surface area (Å²) in [5.41, 5.74) is 3.23. The highest BCUT2D eigenvalue weighted by Gasteiger charge is 2.37. The lowest BCUT2D eigenvalue weighted by Crippen LogP contribution is -2.44. The maximum Gasteiger partial charge on any atom is 0.311 e. The number of fused-ring (bicyclic) bond motifs is 1. The van der Waals surface area contributed by atoms with Crippen LogP contribution in [0, 0.1) is 0 Å². The minimum atomic E-state index is -0.842. The van der Waals surface area contributed by atoms with E-state index in [-0.39, 0.29) is 17.4 Å². The van der Waals surface area contributed by atoms with Gasteiger partial charge in [-0.15, -0.1) is 0 Å². The summed E-state index contributed by atoms with van der Waals surface area (Å²) in [4.78, 5) is 26.6. The number of benzene rings is 2. The molecule has 1 aliphatic rings. The van der Waals surface area contributed by atoms with E-state index in [2.05, 4.69) is 20.8 Å². The molecule has 4 heteroatoms. The number of carbonyl (C=O) groups excluding carboxylic acids is 1. The van der Waals surface area contributed by atoms with Crippen LogP contribution in [0.25, 0.3) is 0 Å². The third kappa shape index (κ3) is 3.24. The molecule has 136 valence electrons. The summed E-state index contributed by atoms with van der Waals surface area (Å²) in [5.74, 6) is -1.51. The molecule has 1 N–H and O–H groups in total. The smallest absolute Gasteiger partial charge is 0.311 e. The number of hydrogen-bond donors (Lipinski definition) is 1. The first kappa shape index (κ1) is 18.2. The first-order valence-electron chi connectivity index (χ1n) is 8.96. The molecule has 0 fully saturated rings. The Morgan fingerprint density at radius 3 is 2.23 bits per heavy atom. The predicted octanol–water partition coefficient (Wildman–Crippen LogP) is 4.59. The number of hydrogen-bond acceptors (Lipinski definition) is 2. The van der Waals surface area contributed by atoms with Gasteiger partial charge in [0, 0.05) is 17.3 Å². The molecule has 2 unspecified atom stereocenters. The molecular formula is C22H25NO3. The Morgan fingerprint density at radius 1 is 1.04 bits per heavy atom. The van der Waals surface area contributed by atoms with E-state index < -0.39 is 11.9 Å². The Bertz CT molecular complexity index is 833. The summed E-state index contributed by atoms with van der Waals surface area (Å²) in [6.07, 6.45) is 0.415. The van der Waals surface area contributed by atoms with Gasteiger partial charge in [-0.3, -0.25) is 9.59 Å². The van der Waals surface area contributed by atoms with Crippen molar-refractivity contribution in [2.45, 2.75) is 51.5 Å². The van der Waals surface area contributed by atoms with E-state index in [1.54, 1.807) is 4.90 Å². The number of amides is 1.